The molecule has 0 heterocycles. The number of aliphatic carboxylic acids is 1. The fraction of sp³-hybridized carbons (Fsp3) is 0.300. The van der Waals surface area contributed by atoms with Crippen LogP contribution in [0, 0.1) is 11.7 Å². The van der Waals surface area contributed by atoms with Crippen molar-refractivity contribution in [1.82, 2.24) is 0 Å². The molecule has 9 heteroatoms. The van der Waals surface area contributed by atoms with Crippen LogP contribution in [0.4, 0.5) is 17.6 Å². The molecule has 0 bridgehead atoms. The number of hydrogen-bond acceptors (Lipinski definition) is 3. The van der Waals surface area contributed by atoms with Crippen molar-refractivity contribution in [3.63, 3.8) is 0 Å². The van der Waals surface area contributed by atoms with Gasteiger partial charge in [-0.05, 0) is 12.1 Å². The average Bonchev–Trinajstić information content (AvgIpc) is 2.24. The molecule has 0 saturated carbocycles. The summed E-state index contributed by atoms with van der Waals surface area (Å²) in [6.45, 7) is 0. The van der Waals surface area contributed by atoms with Crippen molar-refractivity contribution >= 4 is 15.8 Å². The van der Waals surface area contributed by atoms with Gasteiger partial charge in [0, 0.05) is 0 Å². The monoisotopic (exact) mass is 300 g/mol. The normalized spacial score (nSPS) is 14.1. The summed E-state index contributed by atoms with van der Waals surface area (Å²) in [7, 11) is -4.69. The zero-order chi connectivity index (χ0) is 14.8. The van der Waals surface area contributed by atoms with Crippen LogP contribution in [-0.4, -0.2) is 31.4 Å². The van der Waals surface area contributed by atoms with Crippen molar-refractivity contribution in [1.29, 1.82) is 0 Å². The molecule has 0 fully saturated rings. The number of alkyl halides is 3. The van der Waals surface area contributed by atoms with Crippen LogP contribution < -0.4 is 0 Å². The van der Waals surface area contributed by atoms with E-state index < -0.39 is 44.4 Å². The van der Waals surface area contributed by atoms with E-state index in [1.54, 1.807) is 0 Å². The lowest BCUT2D eigenvalue weighted by Gasteiger charge is -2.16. The van der Waals surface area contributed by atoms with Gasteiger partial charge in [0.2, 0.25) is 0 Å². The predicted octanol–water partition coefficient (Wildman–Crippen LogP) is 1.86. The van der Waals surface area contributed by atoms with Gasteiger partial charge in [-0.1, -0.05) is 12.1 Å². The summed E-state index contributed by atoms with van der Waals surface area (Å²) in [5.41, 5.74) is 0. The number of carbonyl (C=O) groups is 1. The second-order valence-electron chi connectivity index (χ2n) is 3.64. The Kier molecular flexibility index (Phi) is 4.18. The van der Waals surface area contributed by atoms with Crippen molar-refractivity contribution in [2.75, 3.05) is 5.75 Å². The molecule has 1 atom stereocenters. The fourth-order valence-corrected chi connectivity index (χ4v) is 2.91. The maximum absolute atomic E-state index is 13.2. The Bertz CT molecular complexity index is 579. The lowest BCUT2D eigenvalue weighted by Crippen LogP contribution is -2.36. The van der Waals surface area contributed by atoms with Gasteiger partial charge in [-0.2, -0.15) is 13.2 Å². The first-order valence-electron chi connectivity index (χ1n) is 4.82. The van der Waals surface area contributed by atoms with Crippen molar-refractivity contribution in [2.24, 2.45) is 5.92 Å². The number of sulfone groups is 1. The van der Waals surface area contributed by atoms with E-state index in [0.29, 0.717) is 0 Å². The largest absolute Gasteiger partial charge is 0.481 e. The molecule has 0 radical (unpaired) electrons. The van der Waals surface area contributed by atoms with Crippen molar-refractivity contribution < 1.29 is 35.9 Å². The second kappa shape index (κ2) is 5.16. The molecule has 1 aromatic rings. The Morgan fingerprint density at radius 3 is 2.21 bits per heavy atom. The van der Waals surface area contributed by atoms with Crippen LogP contribution in [0.5, 0.6) is 0 Å². The summed E-state index contributed by atoms with van der Waals surface area (Å²) in [5, 5.41) is 8.41. The Hall–Kier alpha value is -1.64. The van der Waals surface area contributed by atoms with Gasteiger partial charge >= 0.3 is 12.1 Å². The maximum atomic E-state index is 13.2. The van der Waals surface area contributed by atoms with E-state index in [-0.39, 0.29) is 0 Å². The molecular weight excluding hydrogens is 292 g/mol. The van der Waals surface area contributed by atoms with Crippen LogP contribution in [-0.2, 0) is 14.6 Å². The van der Waals surface area contributed by atoms with Gasteiger partial charge in [-0.3, -0.25) is 4.79 Å². The smallest absolute Gasteiger partial charge is 0.403 e. The number of carboxylic acid groups (broad SMARTS) is 1. The highest BCUT2D eigenvalue weighted by Crippen LogP contribution is 2.30. The first kappa shape index (κ1) is 15.4. The molecule has 1 rings (SSSR count). The van der Waals surface area contributed by atoms with Crippen molar-refractivity contribution in [2.45, 2.75) is 11.1 Å². The zero-order valence-electron chi connectivity index (χ0n) is 9.19. The third kappa shape index (κ3) is 3.66. The summed E-state index contributed by atoms with van der Waals surface area (Å²) in [4.78, 5) is 9.51. The van der Waals surface area contributed by atoms with E-state index in [2.05, 4.69) is 0 Å². The van der Waals surface area contributed by atoms with Gasteiger partial charge < -0.3 is 5.11 Å². The molecule has 0 saturated heterocycles. The minimum absolute atomic E-state index is 0.760. The molecule has 1 N–H and O–H groups in total. The second-order valence-corrected chi connectivity index (χ2v) is 5.65. The first-order valence-corrected chi connectivity index (χ1v) is 6.48. The molecule has 0 aromatic heterocycles. The van der Waals surface area contributed by atoms with Gasteiger partial charge in [0.25, 0.3) is 0 Å². The summed E-state index contributed by atoms with van der Waals surface area (Å²) >= 11 is 0. The number of halogens is 4. The molecular formula is C10H8F4O4S. The van der Waals surface area contributed by atoms with Crippen molar-refractivity contribution in [3.8, 4) is 0 Å². The van der Waals surface area contributed by atoms with Gasteiger partial charge in [-0.25, -0.2) is 12.8 Å². The third-order valence-corrected chi connectivity index (χ3v) is 4.02. The molecule has 4 nitrogen and oxygen atoms in total. The molecule has 1 unspecified atom stereocenters. The standard InChI is InChI=1S/C10H8F4O4S/c11-7-3-1-2-4-8(7)19(17,18)5-6(9(15)16)10(12,13)14/h1-4,6H,5H2,(H,15,16). The Balaban J connectivity index is 3.16. The van der Waals surface area contributed by atoms with Crippen LogP contribution in [0.25, 0.3) is 0 Å². The number of carboxylic acids is 1. The lowest BCUT2D eigenvalue weighted by molar-refractivity contribution is -0.189. The molecule has 0 amide bonds. The van der Waals surface area contributed by atoms with E-state index >= 15 is 0 Å². The van der Waals surface area contributed by atoms with Crippen LogP contribution in [0.15, 0.2) is 29.2 Å². The van der Waals surface area contributed by atoms with E-state index in [4.69, 9.17) is 5.11 Å². The lowest BCUT2D eigenvalue weighted by atomic mass is 10.2. The average molecular weight is 300 g/mol. The van der Waals surface area contributed by atoms with Crippen molar-refractivity contribution in [3.05, 3.63) is 30.1 Å². The van der Waals surface area contributed by atoms with Gasteiger partial charge in [-0.15, -0.1) is 0 Å². The Morgan fingerprint density at radius 2 is 1.79 bits per heavy atom. The topological polar surface area (TPSA) is 71.4 Å². The van der Waals surface area contributed by atoms with E-state index in [9.17, 15) is 30.8 Å². The number of rotatable bonds is 4. The number of hydrogen-bond donors (Lipinski definition) is 1. The van der Waals surface area contributed by atoms with Gasteiger partial charge in [0.1, 0.15) is 10.7 Å². The first-order chi connectivity index (χ1) is 8.55. The van der Waals surface area contributed by atoms with E-state index in [0.717, 1.165) is 24.3 Å². The molecule has 0 spiro atoms. The summed E-state index contributed by atoms with van der Waals surface area (Å²) in [6, 6.07) is 3.82. The van der Waals surface area contributed by atoms with Crippen LogP contribution in [0.1, 0.15) is 0 Å². The molecule has 0 aliphatic carbocycles. The molecule has 0 aliphatic heterocycles. The van der Waals surface area contributed by atoms with Gasteiger partial charge in [0.05, 0.1) is 5.75 Å². The number of benzene rings is 1. The van der Waals surface area contributed by atoms with E-state index in [1.165, 1.54) is 0 Å². The zero-order valence-corrected chi connectivity index (χ0v) is 10.0. The molecule has 0 aliphatic rings. The van der Waals surface area contributed by atoms with Crippen LogP contribution in [0.3, 0.4) is 0 Å². The quantitative estimate of drug-likeness (QED) is 0.862. The highest BCUT2D eigenvalue weighted by molar-refractivity contribution is 7.91. The minimum Gasteiger partial charge on any atom is -0.481 e. The summed E-state index contributed by atoms with van der Waals surface area (Å²) in [6.07, 6.45) is -5.23. The molecule has 1 aromatic carbocycles. The SMILES string of the molecule is O=C(O)C(CS(=O)(=O)c1ccccc1F)C(F)(F)F. The molecule has 106 valence electrons. The highest BCUT2D eigenvalue weighted by Gasteiger charge is 2.48. The van der Waals surface area contributed by atoms with E-state index in [1.807, 2.05) is 0 Å². The third-order valence-electron chi connectivity index (χ3n) is 2.25. The minimum atomic E-state index is -5.23. The predicted molar refractivity (Wildman–Crippen MR) is 55.6 cm³/mol. The fourth-order valence-electron chi connectivity index (χ4n) is 1.31. The maximum Gasteiger partial charge on any atom is 0.403 e. The molecule has 19 heavy (non-hydrogen) atoms. The summed E-state index contributed by atoms with van der Waals surface area (Å²) < 4.78 is 73.6. The van der Waals surface area contributed by atoms with Crippen LogP contribution in [0.2, 0.25) is 0 Å². The Labute approximate surface area is 105 Å². The summed E-state index contributed by atoms with van der Waals surface area (Å²) in [5.74, 6) is -8.40. The van der Waals surface area contributed by atoms with Crippen LogP contribution >= 0.6 is 0 Å². The van der Waals surface area contributed by atoms with Gasteiger partial charge in [0.15, 0.2) is 15.8 Å². The highest BCUT2D eigenvalue weighted by atomic mass is 32.2. The Morgan fingerprint density at radius 1 is 1.26 bits per heavy atom.